The number of carbonyl (C=O) groups excluding carboxylic acids is 1. The van der Waals surface area contributed by atoms with Gasteiger partial charge >= 0.3 is 0 Å². The number of carbonyl (C=O) groups is 1. The van der Waals surface area contributed by atoms with Crippen LogP contribution in [-0.4, -0.2) is 30.4 Å². The standard InChI is InChI=1S/C25H36N2O/c28-24(20-10-11-20)26-23-12-13-25(22-9-5-4-8-21(22)23)14-16-27(17-15-25)18-19-6-2-1-3-7-19/h4-5,8-9,19-20,23H,1-3,6-7,10-18H2,(H,26,28)/t23-/m0/s1. The van der Waals surface area contributed by atoms with Gasteiger partial charge in [0.25, 0.3) is 0 Å². The minimum Gasteiger partial charge on any atom is -0.349 e. The second-order valence-corrected chi connectivity index (χ2v) is 10.0. The van der Waals surface area contributed by atoms with Gasteiger partial charge in [-0.15, -0.1) is 0 Å². The third-order valence-electron chi connectivity index (χ3n) is 8.14. The Balaban J connectivity index is 1.27. The van der Waals surface area contributed by atoms with Crippen molar-refractivity contribution in [1.29, 1.82) is 0 Å². The molecule has 1 saturated heterocycles. The molecular weight excluding hydrogens is 344 g/mol. The zero-order valence-electron chi connectivity index (χ0n) is 17.3. The molecule has 5 rings (SSSR count). The van der Waals surface area contributed by atoms with Crippen LogP contribution in [0.15, 0.2) is 24.3 Å². The highest BCUT2D eigenvalue weighted by Crippen LogP contribution is 2.48. The maximum atomic E-state index is 12.4. The van der Waals surface area contributed by atoms with Crippen molar-refractivity contribution in [2.45, 2.75) is 82.1 Å². The zero-order valence-corrected chi connectivity index (χ0v) is 17.3. The van der Waals surface area contributed by atoms with Gasteiger partial charge in [-0.25, -0.2) is 0 Å². The van der Waals surface area contributed by atoms with Gasteiger partial charge in [-0.1, -0.05) is 43.5 Å². The van der Waals surface area contributed by atoms with Crippen LogP contribution < -0.4 is 5.32 Å². The number of hydrogen-bond donors (Lipinski definition) is 1. The van der Waals surface area contributed by atoms with Crippen LogP contribution in [0, 0.1) is 11.8 Å². The molecule has 1 aliphatic heterocycles. The molecular formula is C25H36N2O. The maximum absolute atomic E-state index is 12.4. The molecule has 0 radical (unpaired) electrons. The molecule has 3 nitrogen and oxygen atoms in total. The Hall–Kier alpha value is -1.35. The Morgan fingerprint density at radius 2 is 1.71 bits per heavy atom. The van der Waals surface area contributed by atoms with Crippen LogP contribution in [0.1, 0.15) is 87.8 Å². The van der Waals surface area contributed by atoms with E-state index in [1.807, 2.05) is 0 Å². The van der Waals surface area contributed by atoms with E-state index in [-0.39, 0.29) is 11.9 Å². The highest BCUT2D eigenvalue weighted by Gasteiger charge is 2.43. The van der Waals surface area contributed by atoms with Crippen molar-refractivity contribution in [2.24, 2.45) is 11.8 Å². The highest BCUT2D eigenvalue weighted by molar-refractivity contribution is 5.81. The second-order valence-electron chi connectivity index (χ2n) is 10.0. The number of likely N-dealkylation sites (tertiary alicyclic amines) is 1. The monoisotopic (exact) mass is 380 g/mol. The normalized spacial score (nSPS) is 28.1. The number of benzene rings is 1. The van der Waals surface area contributed by atoms with E-state index in [9.17, 15) is 4.79 Å². The molecule has 3 aliphatic carbocycles. The van der Waals surface area contributed by atoms with Gasteiger partial charge < -0.3 is 10.2 Å². The number of fused-ring (bicyclic) bond motifs is 2. The smallest absolute Gasteiger partial charge is 0.223 e. The van der Waals surface area contributed by atoms with Crippen molar-refractivity contribution < 1.29 is 4.79 Å². The summed E-state index contributed by atoms with van der Waals surface area (Å²) >= 11 is 0. The SMILES string of the molecule is O=C(N[C@H]1CCC2(CCN(CC3CCCCC3)CC2)c2ccccc21)C1CC1. The molecule has 1 amide bonds. The third-order valence-corrected chi connectivity index (χ3v) is 8.14. The summed E-state index contributed by atoms with van der Waals surface area (Å²) in [6.45, 7) is 3.84. The fourth-order valence-corrected chi connectivity index (χ4v) is 6.20. The second kappa shape index (κ2) is 7.82. The Bertz CT molecular complexity index is 696. The zero-order chi connectivity index (χ0) is 19.0. The number of nitrogens with zero attached hydrogens (tertiary/aromatic N) is 1. The van der Waals surface area contributed by atoms with Crippen LogP contribution in [0.2, 0.25) is 0 Å². The molecule has 1 atom stereocenters. The summed E-state index contributed by atoms with van der Waals surface area (Å²) in [5, 5.41) is 3.37. The van der Waals surface area contributed by atoms with E-state index in [2.05, 4.69) is 34.5 Å². The molecule has 4 aliphatic rings. The average molecular weight is 381 g/mol. The van der Waals surface area contributed by atoms with Gasteiger partial charge in [-0.05, 0) is 86.9 Å². The molecule has 1 spiro atoms. The maximum Gasteiger partial charge on any atom is 0.223 e. The number of rotatable bonds is 4. The summed E-state index contributed by atoms with van der Waals surface area (Å²) < 4.78 is 0. The molecule has 1 aromatic carbocycles. The average Bonchev–Trinajstić information content (AvgIpc) is 3.58. The Labute approximate surface area is 170 Å². The minimum atomic E-state index is 0.232. The molecule has 28 heavy (non-hydrogen) atoms. The Morgan fingerprint density at radius 3 is 2.46 bits per heavy atom. The van der Waals surface area contributed by atoms with Crippen LogP contribution in [0.3, 0.4) is 0 Å². The molecule has 1 heterocycles. The lowest BCUT2D eigenvalue weighted by atomic mass is 9.63. The van der Waals surface area contributed by atoms with Gasteiger partial charge in [0.1, 0.15) is 0 Å². The summed E-state index contributed by atoms with van der Waals surface area (Å²) in [6, 6.07) is 9.24. The fraction of sp³-hybridized carbons (Fsp3) is 0.720. The summed E-state index contributed by atoms with van der Waals surface area (Å²) in [7, 11) is 0. The lowest BCUT2D eigenvalue weighted by Crippen LogP contribution is -2.47. The third kappa shape index (κ3) is 3.75. The first-order chi connectivity index (χ1) is 13.7. The molecule has 3 heteroatoms. The van der Waals surface area contributed by atoms with Gasteiger partial charge in [0, 0.05) is 12.5 Å². The summed E-state index contributed by atoms with van der Waals surface area (Å²) in [5.74, 6) is 1.53. The number of piperidine rings is 1. The lowest BCUT2D eigenvalue weighted by molar-refractivity contribution is -0.123. The van der Waals surface area contributed by atoms with Gasteiger partial charge in [-0.3, -0.25) is 4.79 Å². The van der Waals surface area contributed by atoms with E-state index in [0.29, 0.717) is 11.3 Å². The first kappa shape index (κ1) is 18.7. The van der Waals surface area contributed by atoms with E-state index in [4.69, 9.17) is 0 Å². The van der Waals surface area contributed by atoms with Crippen molar-refractivity contribution in [3.05, 3.63) is 35.4 Å². The number of hydrogen-bond acceptors (Lipinski definition) is 2. The van der Waals surface area contributed by atoms with Crippen molar-refractivity contribution in [3.63, 3.8) is 0 Å². The molecule has 2 saturated carbocycles. The van der Waals surface area contributed by atoms with Crippen LogP contribution in [0.4, 0.5) is 0 Å². The Kier molecular flexibility index (Phi) is 5.21. The number of nitrogens with one attached hydrogen (secondary N) is 1. The topological polar surface area (TPSA) is 32.3 Å². The van der Waals surface area contributed by atoms with E-state index < -0.39 is 0 Å². The van der Waals surface area contributed by atoms with Crippen LogP contribution in [0.5, 0.6) is 0 Å². The molecule has 1 N–H and O–H groups in total. The molecule has 152 valence electrons. The predicted octanol–water partition coefficient (Wildman–Crippen LogP) is 4.96. The first-order valence-corrected chi connectivity index (χ1v) is 11.9. The van der Waals surface area contributed by atoms with Crippen LogP contribution >= 0.6 is 0 Å². The van der Waals surface area contributed by atoms with Crippen LogP contribution in [0.25, 0.3) is 0 Å². The molecule has 0 aromatic heterocycles. The van der Waals surface area contributed by atoms with Crippen molar-refractivity contribution in [3.8, 4) is 0 Å². The van der Waals surface area contributed by atoms with E-state index in [0.717, 1.165) is 25.2 Å². The van der Waals surface area contributed by atoms with Crippen molar-refractivity contribution in [1.82, 2.24) is 10.2 Å². The quantitative estimate of drug-likeness (QED) is 0.800. The highest BCUT2D eigenvalue weighted by atomic mass is 16.2. The molecule has 0 unspecified atom stereocenters. The van der Waals surface area contributed by atoms with Gasteiger partial charge in [0.05, 0.1) is 6.04 Å². The fourth-order valence-electron chi connectivity index (χ4n) is 6.20. The number of amides is 1. The van der Waals surface area contributed by atoms with E-state index in [1.165, 1.54) is 76.6 Å². The van der Waals surface area contributed by atoms with Gasteiger partial charge in [0.15, 0.2) is 0 Å². The van der Waals surface area contributed by atoms with Crippen LogP contribution in [-0.2, 0) is 10.2 Å². The first-order valence-electron chi connectivity index (χ1n) is 11.9. The predicted molar refractivity (Wildman–Crippen MR) is 113 cm³/mol. The lowest BCUT2D eigenvalue weighted by Gasteiger charge is -2.48. The van der Waals surface area contributed by atoms with E-state index >= 15 is 0 Å². The van der Waals surface area contributed by atoms with Gasteiger partial charge in [-0.2, -0.15) is 0 Å². The summed E-state index contributed by atoms with van der Waals surface area (Å²) in [4.78, 5) is 15.1. The van der Waals surface area contributed by atoms with E-state index in [1.54, 1.807) is 5.56 Å². The Morgan fingerprint density at radius 1 is 0.964 bits per heavy atom. The molecule has 1 aromatic rings. The molecule has 0 bridgehead atoms. The summed E-state index contributed by atoms with van der Waals surface area (Å²) in [5.41, 5.74) is 3.30. The van der Waals surface area contributed by atoms with Crippen molar-refractivity contribution in [2.75, 3.05) is 19.6 Å². The van der Waals surface area contributed by atoms with Gasteiger partial charge in [0.2, 0.25) is 5.91 Å². The van der Waals surface area contributed by atoms with Crippen molar-refractivity contribution >= 4 is 5.91 Å². The summed E-state index contributed by atoms with van der Waals surface area (Å²) in [6.07, 6.45) is 14.3. The minimum absolute atomic E-state index is 0.232. The molecule has 3 fully saturated rings. The largest absolute Gasteiger partial charge is 0.349 e.